The molecule has 6 heteroatoms. The number of hydrogen-bond donors (Lipinski definition) is 0. The van der Waals surface area contributed by atoms with Gasteiger partial charge in [0.1, 0.15) is 5.69 Å². The van der Waals surface area contributed by atoms with Crippen LogP contribution in [0, 0.1) is 5.92 Å². The maximum absolute atomic E-state index is 12.9. The van der Waals surface area contributed by atoms with E-state index in [0.29, 0.717) is 11.6 Å². The summed E-state index contributed by atoms with van der Waals surface area (Å²) in [6.45, 7) is 5.52. The van der Waals surface area contributed by atoms with Gasteiger partial charge >= 0.3 is 0 Å². The Kier molecular flexibility index (Phi) is 5.60. The second-order valence-electron chi connectivity index (χ2n) is 8.05. The van der Waals surface area contributed by atoms with Gasteiger partial charge in [0.2, 0.25) is 0 Å². The Hall–Kier alpha value is -2.76. The Morgan fingerprint density at radius 2 is 1.86 bits per heavy atom. The molecule has 2 aliphatic heterocycles. The molecule has 1 amide bonds. The van der Waals surface area contributed by atoms with E-state index < -0.39 is 0 Å². The lowest BCUT2D eigenvalue weighted by atomic mass is 9.98. The lowest BCUT2D eigenvalue weighted by Crippen LogP contribution is -2.39. The molecule has 154 valence electrons. The van der Waals surface area contributed by atoms with Crippen molar-refractivity contribution in [1.82, 2.24) is 9.88 Å². The Morgan fingerprint density at radius 1 is 1.10 bits per heavy atom. The van der Waals surface area contributed by atoms with Gasteiger partial charge in [-0.3, -0.25) is 9.78 Å². The van der Waals surface area contributed by atoms with Gasteiger partial charge in [-0.25, -0.2) is 0 Å². The predicted molar refractivity (Wildman–Crippen MR) is 113 cm³/mol. The summed E-state index contributed by atoms with van der Waals surface area (Å²) in [7, 11) is 3.32. The van der Waals surface area contributed by atoms with Crippen molar-refractivity contribution in [2.24, 2.45) is 5.92 Å². The van der Waals surface area contributed by atoms with Gasteiger partial charge in [-0.2, -0.15) is 0 Å². The molecule has 1 fully saturated rings. The summed E-state index contributed by atoms with van der Waals surface area (Å²) in [4.78, 5) is 21.6. The fourth-order valence-corrected chi connectivity index (χ4v) is 4.37. The number of methoxy groups -OCH3 is 2. The summed E-state index contributed by atoms with van der Waals surface area (Å²) in [6.07, 6.45) is 4.93. The van der Waals surface area contributed by atoms with Crippen LogP contribution < -0.4 is 14.4 Å². The molecule has 2 aromatic rings. The average Bonchev–Trinajstić information content (AvgIpc) is 2.77. The zero-order valence-electron chi connectivity index (χ0n) is 17.5. The largest absolute Gasteiger partial charge is 0.493 e. The lowest BCUT2D eigenvalue weighted by molar-refractivity contribution is 0.0677. The Balaban J connectivity index is 1.54. The molecule has 6 nitrogen and oxygen atoms in total. The summed E-state index contributed by atoms with van der Waals surface area (Å²) < 4.78 is 10.9. The van der Waals surface area contributed by atoms with Gasteiger partial charge in [-0.1, -0.05) is 6.92 Å². The first-order valence-electron chi connectivity index (χ1n) is 10.3. The van der Waals surface area contributed by atoms with Crippen LogP contribution in [0.3, 0.4) is 0 Å². The Morgan fingerprint density at radius 3 is 2.59 bits per heavy atom. The van der Waals surface area contributed by atoms with Gasteiger partial charge in [0.15, 0.2) is 11.5 Å². The van der Waals surface area contributed by atoms with Gasteiger partial charge < -0.3 is 19.3 Å². The minimum Gasteiger partial charge on any atom is -0.493 e. The number of piperidine rings is 1. The summed E-state index contributed by atoms with van der Waals surface area (Å²) in [6, 6.07) is 8.06. The summed E-state index contributed by atoms with van der Waals surface area (Å²) in [5.41, 5.74) is 4.08. The van der Waals surface area contributed by atoms with Crippen molar-refractivity contribution in [2.45, 2.75) is 32.7 Å². The van der Waals surface area contributed by atoms with E-state index in [0.717, 1.165) is 56.2 Å². The molecule has 29 heavy (non-hydrogen) atoms. The van der Waals surface area contributed by atoms with Gasteiger partial charge in [-0.15, -0.1) is 0 Å². The van der Waals surface area contributed by atoms with Crippen LogP contribution in [0.15, 0.2) is 30.5 Å². The Labute approximate surface area is 172 Å². The molecule has 1 atom stereocenters. The van der Waals surface area contributed by atoms with Crippen LogP contribution in [0.1, 0.15) is 41.4 Å². The minimum atomic E-state index is 0.0437. The minimum absolute atomic E-state index is 0.0437. The molecule has 0 radical (unpaired) electrons. The SMILES string of the molecule is COc1cc2c(cc1OC)CN(c1ccnc(C(=O)N3CCCC(C)C3)c1)CC2. The molecule has 0 spiro atoms. The molecule has 1 aromatic carbocycles. The van der Waals surface area contributed by atoms with Crippen molar-refractivity contribution < 1.29 is 14.3 Å². The predicted octanol–water partition coefficient (Wildman–Crippen LogP) is 3.53. The van der Waals surface area contributed by atoms with E-state index in [9.17, 15) is 4.79 Å². The van der Waals surface area contributed by atoms with Gasteiger partial charge in [0, 0.05) is 38.1 Å². The second-order valence-corrected chi connectivity index (χ2v) is 8.05. The first kappa shape index (κ1) is 19.6. The van der Waals surface area contributed by atoms with E-state index in [-0.39, 0.29) is 5.91 Å². The number of fused-ring (bicyclic) bond motifs is 1. The number of aromatic nitrogens is 1. The maximum atomic E-state index is 12.9. The number of nitrogens with zero attached hydrogens (tertiary/aromatic N) is 3. The van der Waals surface area contributed by atoms with Crippen molar-refractivity contribution in [2.75, 3.05) is 38.8 Å². The van der Waals surface area contributed by atoms with E-state index in [1.807, 2.05) is 17.0 Å². The molecular weight excluding hydrogens is 366 g/mol. The zero-order chi connectivity index (χ0) is 20.4. The highest BCUT2D eigenvalue weighted by molar-refractivity contribution is 5.93. The van der Waals surface area contributed by atoms with Crippen LogP contribution >= 0.6 is 0 Å². The van der Waals surface area contributed by atoms with E-state index in [2.05, 4.69) is 28.9 Å². The molecule has 0 N–H and O–H groups in total. The third-order valence-electron chi connectivity index (χ3n) is 5.99. The standard InChI is InChI=1S/C23H29N3O3/c1-16-5-4-9-26(14-16)23(27)20-13-19(6-8-24-20)25-10-7-17-11-21(28-2)22(29-3)12-18(17)15-25/h6,8,11-13,16H,4-5,7,9-10,14-15H2,1-3H3. The van der Waals surface area contributed by atoms with E-state index in [1.54, 1.807) is 20.4 Å². The second kappa shape index (κ2) is 8.31. The molecule has 0 saturated carbocycles. The summed E-state index contributed by atoms with van der Waals surface area (Å²) in [5.74, 6) is 2.12. The number of carbonyl (C=O) groups is 1. The first-order chi connectivity index (χ1) is 14.1. The van der Waals surface area contributed by atoms with E-state index in [4.69, 9.17) is 9.47 Å². The summed E-state index contributed by atoms with van der Waals surface area (Å²) in [5, 5.41) is 0. The van der Waals surface area contributed by atoms with E-state index in [1.165, 1.54) is 17.5 Å². The zero-order valence-corrected chi connectivity index (χ0v) is 17.5. The van der Waals surface area contributed by atoms with Crippen LogP contribution in [0.4, 0.5) is 5.69 Å². The van der Waals surface area contributed by atoms with Crippen molar-refractivity contribution >= 4 is 11.6 Å². The van der Waals surface area contributed by atoms with Crippen molar-refractivity contribution in [3.05, 3.63) is 47.3 Å². The molecule has 4 rings (SSSR count). The monoisotopic (exact) mass is 395 g/mol. The third kappa shape index (κ3) is 4.02. The number of hydrogen-bond acceptors (Lipinski definition) is 5. The van der Waals surface area contributed by atoms with Crippen LogP contribution in [0.5, 0.6) is 11.5 Å². The highest BCUT2D eigenvalue weighted by atomic mass is 16.5. The van der Waals surface area contributed by atoms with Crippen molar-refractivity contribution in [1.29, 1.82) is 0 Å². The van der Waals surface area contributed by atoms with Gasteiger partial charge in [0.25, 0.3) is 5.91 Å². The van der Waals surface area contributed by atoms with Crippen LogP contribution in [-0.2, 0) is 13.0 Å². The fourth-order valence-electron chi connectivity index (χ4n) is 4.37. The number of carbonyl (C=O) groups excluding carboxylic acids is 1. The first-order valence-corrected chi connectivity index (χ1v) is 10.3. The van der Waals surface area contributed by atoms with Crippen molar-refractivity contribution in [3.63, 3.8) is 0 Å². The topological polar surface area (TPSA) is 54.9 Å². The molecule has 1 unspecified atom stereocenters. The van der Waals surface area contributed by atoms with Crippen LogP contribution in [0.25, 0.3) is 0 Å². The number of rotatable bonds is 4. The fraction of sp³-hybridized carbons (Fsp3) is 0.478. The van der Waals surface area contributed by atoms with Crippen LogP contribution in [0.2, 0.25) is 0 Å². The quantitative estimate of drug-likeness (QED) is 0.793. The number of likely N-dealkylation sites (tertiary alicyclic amines) is 1. The molecular formula is C23H29N3O3. The molecule has 1 saturated heterocycles. The number of amides is 1. The number of ether oxygens (including phenoxy) is 2. The van der Waals surface area contributed by atoms with Crippen LogP contribution in [-0.4, -0.2) is 49.6 Å². The molecule has 0 bridgehead atoms. The molecule has 0 aliphatic carbocycles. The molecule has 3 heterocycles. The summed E-state index contributed by atoms with van der Waals surface area (Å²) >= 11 is 0. The Bertz CT molecular complexity index is 899. The lowest BCUT2D eigenvalue weighted by Gasteiger charge is -2.32. The average molecular weight is 396 g/mol. The van der Waals surface area contributed by atoms with Gasteiger partial charge in [-0.05, 0) is 60.6 Å². The highest BCUT2D eigenvalue weighted by Gasteiger charge is 2.24. The third-order valence-corrected chi connectivity index (χ3v) is 5.99. The molecule has 1 aromatic heterocycles. The number of anilines is 1. The highest BCUT2D eigenvalue weighted by Crippen LogP contribution is 2.34. The number of pyridine rings is 1. The number of benzene rings is 1. The van der Waals surface area contributed by atoms with Gasteiger partial charge in [0.05, 0.1) is 14.2 Å². The molecule has 2 aliphatic rings. The normalized spacial score (nSPS) is 18.9. The van der Waals surface area contributed by atoms with Crippen molar-refractivity contribution in [3.8, 4) is 11.5 Å². The van der Waals surface area contributed by atoms with E-state index >= 15 is 0 Å². The maximum Gasteiger partial charge on any atom is 0.272 e. The smallest absolute Gasteiger partial charge is 0.272 e.